The van der Waals surface area contributed by atoms with Crippen LogP contribution in [-0.4, -0.2) is 47.6 Å². The summed E-state index contributed by atoms with van der Waals surface area (Å²) in [6.45, 7) is 5.72. The number of carbonyl (C=O) groups is 2. The maximum absolute atomic E-state index is 11.7. The summed E-state index contributed by atoms with van der Waals surface area (Å²) in [7, 11) is 0. The molecule has 19 heavy (non-hydrogen) atoms. The molecular weight excluding hydrogens is 264 g/mol. The summed E-state index contributed by atoms with van der Waals surface area (Å²) in [5, 5.41) is 15.7. The van der Waals surface area contributed by atoms with Gasteiger partial charge in [0.1, 0.15) is 0 Å². The molecule has 0 aromatic heterocycles. The van der Waals surface area contributed by atoms with Crippen molar-refractivity contribution in [2.24, 2.45) is 5.41 Å². The molecule has 1 amide bonds. The normalized spacial score (nSPS) is 19.7. The van der Waals surface area contributed by atoms with E-state index in [4.69, 9.17) is 5.11 Å². The molecule has 5 nitrogen and oxygen atoms in total. The summed E-state index contributed by atoms with van der Waals surface area (Å²) in [6.07, 6.45) is 2.70. The molecule has 0 spiro atoms. The van der Waals surface area contributed by atoms with Crippen molar-refractivity contribution in [3.8, 4) is 0 Å². The first-order chi connectivity index (χ1) is 8.98. The predicted molar refractivity (Wildman–Crippen MR) is 77.4 cm³/mol. The Labute approximate surface area is 118 Å². The minimum atomic E-state index is -0.866. The van der Waals surface area contributed by atoms with Crippen LogP contribution in [0.15, 0.2) is 0 Å². The van der Waals surface area contributed by atoms with Crippen molar-refractivity contribution < 1.29 is 14.7 Å². The standard InChI is InChI=1S/C13H24N2O3S/c1-3-13(2,12(17)18)9-15-11(16)8-19-10-4-6-14-7-5-10/h10,14H,3-9H2,1-2H3,(H,15,16)(H,17,18). The molecule has 1 heterocycles. The Bertz CT molecular complexity index is 319. The molecule has 1 fully saturated rings. The van der Waals surface area contributed by atoms with Crippen molar-refractivity contribution in [2.45, 2.75) is 38.4 Å². The lowest BCUT2D eigenvalue weighted by molar-refractivity contribution is -0.148. The molecule has 1 unspecified atom stereocenters. The lowest BCUT2D eigenvalue weighted by Crippen LogP contribution is -2.41. The first-order valence-corrected chi connectivity index (χ1v) is 7.85. The Morgan fingerprint density at radius 3 is 2.58 bits per heavy atom. The quantitative estimate of drug-likeness (QED) is 0.653. The second kappa shape index (κ2) is 7.75. The maximum Gasteiger partial charge on any atom is 0.311 e. The minimum absolute atomic E-state index is 0.0653. The minimum Gasteiger partial charge on any atom is -0.481 e. The number of amides is 1. The molecule has 110 valence electrons. The van der Waals surface area contributed by atoms with E-state index >= 15 is 0 Å². The van der Waals surface area contributed by atoms with E-state index in [0.717, 1.165) is 25.9 Å². The van der Waals surface area contributed by atoms with Gasteiger partial charge in [0, 0.05) is 11.8 Å². The number of hydrogen-bond acceptors (Lipinski definition) is 4. The number of carboxylic acid groups (broad SMARTS) is 1. The Hall–Kier alpha value is -0.750. The molecule has 0 saturated carbocycles. The molecular formula is C13H24N2O3S. The fourth-order valence-electron chi connectivity index (χ4n) is 1.85. The smallest absolute Gasteiger partial charge is 0.311 e. The van der Waals surface area contributed by atoms with E-state index in [1.54, 1.807) is 18.7 Å². The third kappa shape index (κ3) is 5.40. The van der Waals surface area contributed by atoms with Gasteiger partial charge in [-0.2, -0.15) is 0 Å². The topological polar surface area (TPSA) is 78.4 Å². The van der Waals surface area contributed by atoms with Crippen LogP contribution in [0.2, 0.25) is 0 Å². The number of nitrogens with one attached hydrogen (secondary N) is 2. The van der Waals surface area contributed by atoms with Crippen LogP contribution in [0, 0.1) is 5.41 Å². The molecule has 0 aromatic rings. The van der Waals surface area contributed by atoms with E-state index in [-0.39, 0.29) is 12.5 Å². The summed E-state index contributed by atoms with van der Waals surface area (Å²) in [6, 6.07) is 0. The molecule has 1 saturated heterocycles. The molecule has 6 heteroatoms. The van der Waals surface area contributed by atoms with Gasteiger partial charge in [-0.1, -0.05) is 6.92 Å². The first kappa shape index (κ1) is 16.3. The van der Waals surface area contributed by atoms with Gasteiger partial charge in [0.15, 0.2) is 0 Å². The molecule has 1 aliphatic heterocycles. The second-order valence-corrected chi connectivity index (χ2v) is 6.55. The lowest BCUT2D eigenvalue weighted by atomic mass is 9.88. The third-order valence-electron chi connectivity index (χ3n) is 3.71. The second-order valence-electron chi connectivity index (χ2n) is 5.26. The predicted octanol–water partition coefficient (Wildman–Crippen LogP) is 1.09. The zero-order chi connectivity index (χ0) is 14.3. The summed E-state index contributed by atoms with van der Waals surface area (Å²) in [4.78, 5) is 22.8. The van der Waals surface area contributed by atoms with Crippen LogP contribution in [0.1, 0.15) is 33.1 Å². The third-order valence-corrected chi connectivity index (χ3v) is 5.08. The fourth-order valence-corrected chi connectivity index (χ4v) is 2.91. The largest absolute Gasteiger partial charge is 0.481 e. The van der Waals surface area contributed by atoms with Crippen LogP contribution in [0.3, 0.4) is 0 Å². The van der Waals surface area contributed by atoms with Crippen molar-refractivity contribution in [3.05, 3.63) is 0 Å². The highest BCUT2D eigenvalue weighted by Gasteiger charge is 2.31. The zero-order valence-electron chi connectivity index (χ0n) is 11.7. The molecule has 0 bridgehead atoms. The van der Waals surface area contributed by atoms with Gasteiger partial charge in [-0.05, 0) is 39.3 Å². The summed E-state index contributed by atoms with van der Waals surface area (Å²) in [5.41, 5.74) is -0.866. The number of carboxylic acids is 1. The Morgan fingerprint density at radius 2 is 2.05 bits per heavy atom. The van der Waals surface area contributed by atoms with Crippen LogP contribution in [0.5, 0.6) is 0 Å². The Kier molecular flexibility index (Phi) is 6.65. The number of hydrogen-bond donors (Lipinski definition) is 3. The van der Waals surface area contributed by atoms with Crippen molar-refractivity contribution in [3.63, 3.8) is 0 Å². The summed E-state index contributed by atoms with van der Waals surface area (Å²) in [5.74, 6) is -0.505. The SMILES string of the molecule is CCC(C)(CNC(=O)CSC1CCNCC1)C(=O)O. The van der Waals surface area contributed by atoms with Crippen LogP contribution in [-0.2, 0) is 9.59 Å². The van der Waals surface area contributed by atoms with Crippen LogP contribution in [0.25, 0.3) is 0 Å². The Morgan fingerprint density at radius 1 is 1.42 bits per heavy atom. The fraction of sp³-hybridized carbons (Fsp3) is 0.846. The molecule has 0 radical (unpaired) electrons. The van der Waals surface area contributed by atoms with E-state index < -0.39 is 11.4 Å². The first-order valence-electron chi connectivity index (χ1n) is 6.80. The van der Waals surface area contributed by atoms with Gasteiger partial charge in [0.2, 0.25) is 5.91 Å². The highest BCUT2D eigenvalue weighted by Crippen LogP contribution is 2.21. The number of thioether (sulfide) groups is 1. The monoisotopic (exact) mass is 288 g/mol. The van der Waals surface area contributed by atoms with E-state index in [1.807, 2.05) is 6.92 Å². The van der Waals surface area contributed by atoms with Crippen molar-refractivity contribution in [1.82, 2.24) is 10.6 Å². The van der Waals surface area contributed by atoms with Crippen LogP contribution < -0.4 is 10.6 Å². The molecule has 1 atom stereocenters. The highest BCUT2D eigenvalue weighted by atomic mass is 32.2. The van der Waals surface area contributed by atoms with Crippen molar-refractivity contribution in [2.75, 3.05) is 25.4 Å². The van der Waals surface area contributed by atoms with Gasteiger partial charge in [0.05, 0.1) is 11.2 Å². The lowest BCUT2D eigenvalue weighted by Gasteiger charge is -2.24. The number of rotatable bonds is 7. The zero-order valence-corrected chi connectivity index (χ0v) is 12.5. The average Bonchev–Trinajstić information content (AvgIpc) is 2.43. The van der Waals surface area contributed by atoms with Gasteiger partial charge in [-0.3, -0.25) is 9.59 Å². The van der Waals surface area contributed by atoms with Crippen LogP contribution in [0.4, 0.5) is 0 Å². The van der Waals surface area contributed by atoms with Gasteiger partial charge in [-0.25, -0.2) is 0 Å². The maximum atomic E-state index is 11.7. The summed E-state index contributed by atoms with van der Waals surface area (Å²) >= 11 is 1.67. The summed E-state index contributed by atoms with van der Waals surface area (Å²) < 4.78 is 0. The van der Waals surface area contributed by atoms with E-state index in [1.165, 1.54) is 0 Å². The van der Waals surface area contributed by atoms with Gasteiger partial charge in [-0.15, -0.1) is 11.8 Å². The van der Waals surface area contributed by atoms with Gasteiger partial charge < -0.3 is 15.7 Å². The molecule has 1 aliphatic rings. The van der Waals surface area contributed by atoms with Gasteiger partial charge >= 0.3 is 5.97 Å². The van der Waals surface area contributed by atoms with E-state index in [2.05, 4.69) is 10.6 Å². The van der Waals surface area contributed by atoms with E-state index in [0.29, 0.717) is 17.4 Å². The van der Waals surface area contributed by atoms with Crippen molar-refractivity contribution >= 4 is 23.6 Å². The van der Waals surface area contributed by atoms with Crippen molar-refractivity contribution in [1.29, 1.82) is 0 Å². The number of carbonyl (C=O) groups excluding carboxylic acids is 1. The molecule has 0 aromatic carbocycles. The molecule has 1 rings (SSSR count). The van der Waals surface area contributed by atoms with Gasteiger partial charge in [0.25, 0.3) is 0 Å². The van der Waals surface area contributed by atoms with Crippen LogP contribution >= 0.6 is 11.8 Å². The number of aliphatic carboxylic acids is 1. The highest BCUT2D eigenvalue weighted by molar-refractivity contribution is 8.00. The molecule has 0 aliphatic carbocycles. The number of piperidine rings is 1. The van der Waals surface area contributed by atoms with E-state index in [9.17, 15) is 9.59 Å². The average molecular weight is 288 g/mol. The Balaban J connectivity index is 2.25. The molecule has 3 N–H and O–H groups in total.